The highest BCUT2D eigenvalue weighted by atomic mass is 35.5. The van der Waals surface area contributed by atoms with Gasteiger partial charge in [0.05, 0.1) is 9.95 Å². The molecule has 0 spiro atoms. The van der Waals surface area contributed by atoms with E-state index in [9.17, 15) is 14.9 Å². The van der Waals surface area contributed by atoms with Gasteiger partial charge >= 0.3 is 11.8 Å². The van der Waals surface area contributed by atoms with Crippen LogP contribution in [0, 0.1) is 10.1 Å². The third-order valence-electron chi connectivity index (χ3n) is 3.79. The van der Waals surface area contributed by atoms with Gasteiger partial charge in [-0.3, -0.25) is 10.1 Å². The number of rotatable bonds is 4. The fourth-order valence-electron chi connectivity index (χ4n) is 2.78. The average Bonchev–Trinajstić information content (AvgIpc) is 2.51. The number of pyridine rings is 1. The van der Waals surface area contributed by atoms with E-state index >= 15 is 0 Å². The highest BCUT2D eigenvalue weighted by molar-refractivity contribution is 6.30. The summed E-state index contributed by atoms with van der Waals surface area (Å²) in [5, 5.41) is 14.3. The van der Waals surface area contributed by atoms with Gasteiger partial charge in [0.2, 0.25) is 5.82 Å². The number of piperidine rings is 1. The largest absolute Gasteiger partial charge is 0.444 e. The van der Waals surface area contributed by atoms with Gasteiger partial charge in [0.1, 0.15) is 5.60 Å². The van der Waals surface area contributed by atoms with Gasteiger partial charge in [0, 0.05) is 31.4 Å². The molecule has 1 atom stereocenters. The van der Waals surface area contributed by atoms with Crippen molar-refractivity contribution in [2.24, 2.45) is 0 Å². The number of aromatic nitrogens is 1. The highest BCUT2D eigenvalue weighted by Crippen LogP contribution is 2.32. The Morgan fingerprint density at radius 1 is 1.52 bits per heavy atom. The molecule has 0 radical (unpaired) electrons. The average molecular weight is 371 g/mol. The zero-order valence-corrected chi connectivity index (χ0v) is 15.4. The SMILES string of the molecule is CC(C)(C)OC(=O)NCC1CCCCN1c1ncc(Cl)cc1[N+](=O)[O-]. The van der Waals surface area contributed by atoms with Crippen molar-refractivity contribution in [3.05, 3.63) is 27.4 Å². The smallest absolute Gasteiger partial charge is 0.407 e. The molecule has 1 amide bonds. The number of nitrogens with zero attached hydrogens (tertiary/aromatic N) is 3. The van der Waals surface area contributed by atoms with Crippen molar-refractivity contribution in [1.82, 2.24) is 10.3 Å². The van der Waals surface area contributed by atoms with Crippen molar-refractivity contribution in [1.29, 1.82) is 0 Å². The molecular formula is C16H23ClN4O4. The van der Waals surface area contributed by atoms with Crippen LogP contribution in [0.15, 0.2) is 12.3 Å². The van der Waals surface area contributed by atoms with Gasteiger partial charge in [-0.1, -0.05) is 11.6 Å². The number of hydrogen-bond donors (Lipinski definition) is 1. The van der Waals surface area contributed by atoms with Crippen LogP contribution in [0.1, 0.15) is 40.0 Å². The first kappa shape index (κ1) is 19.2. The van der Waals surface area contributed by atoms with Crippen LogP contribution in [0.25, 0.3) is 0 Å². The maximum absolute atomic E-state index is 11.9. The molecule has 0 aromatic carbocycles. The van der Waals surface area contributed by atoms with Crippen LogP contribution in [0.3, 0.4) is 0 Å². The molecule has 0 aliphatic carbocycles. The normalized spacial score (nSPS) is 17.9. The summed E-state index contributed by atoms with van der Waals surface area (Å²) in [6.45, 7) is 6.34. The van der Waals surface area contributed by atoms with E-state index in [1.807, 2.05) is 4.90 Å². The van der Waals surface area contributed by atoms with Crippen molar-refractivity contribution in [2.75, 3.05) is 18.0 Å². The van der Waals surface area contributed by atoms with Crippen molar-refractivity contribution in [3.8, 4) is 0 Å². The standard InChI is InChI=1S/C16H23ClN4O4/c1-16(2,3)25-15(22)19-10-12-6-4-5-7-20(12)14-13(21(23)24)8-11(17)9-18-14/h8-9,12H,4-7,10H2,1-3H3,(H,19,22). The monoisotopic (exact) mass is 370 g/mol. The topological polar surface area (TPSA) is 97.6 Å². The molecule has 9 heteroatoms. The van der Waals surface area contributed by atoms with Crippen molar-refractivity contribution >= 4 is 29.2 Å². The summed E-state index contributed by atoms with van der Waals surface area (Å²) in [6, 6.07) is 1.21. The van der Waals surface area contributed by atoms with Crippen LogP contribution < -0.4 is 10.2 Å². The third kappa shape index (κ3) is 5.45. The van der Waals surface area contributed by atoms with Gasteiger partial charge in [0.25, 0.3) is 0 Å². The van der Waals surface area contributed by atoms with Crippen LogP contribution in [0.4, 0.5) is 16.3 Å². The molecule has 0 saturated carbocycles. The van der Waals surface area contributed by atoms with Crippen molar-refractivity contribution in [2.45, 2.75) is 51.7 Å². The predicted octanol–water partition coefficient (Wildman–Crippen LogP) is 3.53. The van der Waals surface area contributed by atoms with E-state index in [1.165, 1.54) is 12.3 Å². The Kier molecular flexibility index (Phi) is 6.05. The maximum atomic E-state index is 11.9. The second kappa shape index (κ2) is 7.86. The fourth-order valence-corrected chi connectivity index (χ4v) is 2.94. The van der Waals surface area contributed by atoms with Crippen molar-refractivity contribution < 1.29 is 14.5 Å². The van der Waals surface area contributed by atoms with Gasteiger partial charge in [-0.15, -0.1) is 0 Å². The molecule has 25 heavy (non-hydrogen) atoms. The Bertz CT molecular complexity index is 648. The lowest BCUT2D eigenvalue weighted by Gasteiger charge is -2.36. The number of amides is 1. The van der Waals surface area contributed by atoms with Crippen LogP contribution in [0.5, 0.6) is 0 Å². The molecule has 1 aromatic heterocycles. The molecule has 8 nitrogen and oxygen atoms in total. The molecule has 138 valence electrons. The van der Waals surface area contributed by atoms with E-state index < -0.39 is 16.6 Å². The Labute approximate surface area is 151 Å². The van der Waals surface area contributed by atoms with E-state index in [1.54, 1.807) is 20.8 Å². The van der Waals surface area contributed by atoms with Crippen LogP contribution in [-0.4, -0.2) is 40.7 Å². The highest BCUT2D eigenvalue weighted by Gasteiger charge is 2.30. The number of nitrogens with one attached hydrogen (secondary N) is 1. The summed E-state index contributed by atoms with van der Waals surface area (Å²) in [5.74, 6) is 0.282. The summed E-state index contributed by atoms with van der Waals surface area (Å²) in [6.07, 6.45) is 3.59. The quantitative estimate of drug-likeness (QED) is 0.643. The molecule has 1 aliphatic rings. The lowest BCUT2D eigenvalue weighted by molar-refractivity contribution is -0.384. The molecular weight excluding hydrogens is 348 g/mol. The van der Waals surface area contributed by atoms with Crippen LogP contribution in [-0.2, 0) is 4.74 Å². The first-order valence-electron chi connectivity index (χ1n) is 8.21. The van der Waals surface area contributed by atoms with Gasteiger partial charge < -0.3 is 15.0 Å². The van der Waals surface area contributed by atoms with E-state index in [0.29, 0.717) is 13.1 Å². The second-order valence-corrected chi connectivity index (χ2v) is 7.42. The van der Waals surface area contributed by atoms with Gasteiger partial charge in [0.15, 0.2) is 0 Å². The van der Waals surface area contributed by atoms with Crippen LogP contribution in [0.2, 0.25) is 5.02 Å². The Balaban J connectivity index is 2.13. The number of alkyl carbamates (subject to hydrolysis) is 1. The van der Waals surface area contributed by atoms with E-state index in [0.717, 1.165) is 19.3 Å². The molecule has 2 heterocycles. The van der Waals surface area contributed by atoms with E-state index in [2.05, 4.69) is 10.3 Å². The van der Waals surface area contributed by atoms with Gasteiger partial charge in [-0.2, -0.15) is 0 Å². The lowest BCUT2D eigenvalue weighted by Crippen LogP contribution is -2.48. The molecule has 0 bridgehead atoms. The molecule has 1 aromatic rings. The second-order valence-electron chi connectivity index (χ2n) is 6.98. The fraction of sp³-hybridized carbons (Fsp3) is 0.625. The molecule has 1 saturated heterocycles. The third-order valence-corrected chi connectivity index (χ3v) is 4.00. The number of hydrogen-bond acceptors (Lipinski definition) is 6. The number of anilines is 1. The summed E-state index contributed by atoms with van der Waals surface area (Å²) >= 11 is 5.84. The number of carbonyl (C=O) groups is 1. The Morgan fingerprint density at radius 3 is 2.88 bits per heavy atom. The first-order valence-corrected chi connectivity index (χ1v) is 8.58. The number of nitro groups is 1. The molecule has 1 aliphatic heterocycles. The summed E-state index contributed by atoms with van der Waals surface area (Å²) in [5.41, 5.74) is -0.705. The summed E-state index contributed by atoms with van der Waals surface area (Å²) < 4.78 is 5.24. The van der Waals surface area contributed by atoms with Crippen LogP contribution >= 0.6 is 11.6 Å². The van der Waals surface area contributed by atoms with E-state index in [4.69, 9.17) is 16.3 Å². The number of carbonyl (C=O) groups excluding carboxylic acids is 1. The number of halogens is 1. The maximum Gasteiger partial charge on any atom is 0.407 e. The zero-order valence-electron chi connectivity index (χ0n) is 14.6. The summed E-state index contributed by atoms with van der Waals surface area (Å²) in [4.78, 5) is 28.8. The molecule has 1 fully saturated rings. The molecule has 1 unspecified atom stereocenters. The lowest BCUT2D eigenvalue weighted by atomic mass is 10.0. The Morgan fingerprint density at radius 2 is 2.24 bits per heavy atom. The minimum atomic E-state index is -0.577. The first-order chi connectivity index (χ1) is 11.7. The predicted molar refractivity (Wildman–Crippen MR) is 95.1 cm³/mol. The van der Waals surface area contributed by atoms with E-state index in [-0.39, 0.29) is 22.6 Å². The Hall–Kier alpha value is -2.09. The minimum Gasteiger partial charge on any atom is -0.444 e. The zero-order chi connectivity index (χ0) is 18.6. The van der Waals surface area contributed by atoms with Gasteiger partial charge in [-0.25, -0.2) is 9.78 Å². The minimum absolute atomic E-state index is 0.0892. The molecule has 2 rings (SSSR count). The number of ether oxygens (including phenoxy) is 1. The molecule has 1 N–H and O–H groups in total. The van der Waals surface area contributed by atoms with Crippen molar-refractivity contribution in [3.63, 3.8) is 0 Å². The van der Waals surface area contributed by atoms with Gasteiger partial charge in [-0.05, 0) is 40.0 Å². The summed E-state index contributed by atoms with van der Waals surface area (Å²) in [7, 11) is 0.